The molecule has 1 heterocycles. The molecule has 6 heteroatoms. The van der Waals surface area contributed by atoms with Gasteiger partial charge in [0.25, 0.3) is 0 Å². The molecule has 0 bridgehead atoms. The predicted octanol–water partition coefficient (Wildman–Crippen LogP) is 3.00. The summed E-state index contributed by atoms with van der Waals surface area (Å²) in [6, 6.07) is 15.9. The van der Waals surface area contributed by atoms with E-state index < -0.39 is 0 Å². The molecule has 1 aliphatic heterocycles. The smallest absolute Gasteiger partial charge is 0.220 e. The van der Waals surface area contributed by atoms with Crippen LogP contribution < -0.4 is 14.8 Å². The van der Waals surface area contributed by atoms with E-state index in [-0.39, 0.29) is 5.91 Å². The lowest BCUT2D eigenvalue weighted by Gasteiger charge is -2.26. The van der Waals surface area contributed by atoms with E-state index in [2.05, 4.69) is 34.5 Å². The first-order valence-corrected chi connectivity index (χ1v) is 10.1. The second kappa shape index (κ2) is 11.4. The summed E-state index contributed by atoms with van der Waals surface area (Å²) in [4.78, 5) is 14.4. The molecule has 0 radical (unpaired) electrons. The van der Waals surface area contributed by atoms with Gasteiger partial charge in [-0.05, 0) is 41.8 Å². The van der Waals surface area contributed by atoms with Gasteiger partial charge < -0.3 is 19.5 Å². The van der Waals surface area contributed by atoms with E-state index in [0.29, 0.717) is 26.0 Å². The fraction of sp³-hybridized carbons (Fsp3) is 0.435. The first-order valence-electron chi connectivity index (χ1n) is 10.1. The van der Waals surface area contributed by atoms with Crippen LogP contribution in [0, 0.1) is 0 Å². The summed E-state index contributed by atoms with van der Waals surface area (Å²) in [6.45, 7) is 5.61. The number of nitrogens with one attached hydrogen (secondary N) is 1. The first-order chi connectivity index (χ1) is 14.2. The molecule has 3 rings (SSSR count). The average molecular weight is 399 g/mol. The third-order valence-corrected chi connectivity index (χ3v) is 4.90. The molecule has 1 amide bonds. The molecule has 156 valence electrons. The molecule has 6 nitrogen and oxygen atoms in total. The van der Waals surface area contributed by atoms with Crippen molar-refractivity contribution in [3.63, 3.8) is 0 Å². The fourth-order valence-corrected chi connectivity index (χ4v) is 3.16. The molecule has 1 saturated heterocycles. The Kier molecular flexibility index (Phi) is 8.34. The van der Waals surface area contributed by atoms with Crippen molar-refractivity contribution >= 4 is 5.91 Å². The van der Waals surface area contributed by atoms with Gasteiger partial charge >= 0.3 is 0 Å². The number of benzene rings is 2. The lowest BCUT2D eigenvalue weighted by molar-refractivity contribution is -0.121. The van der Waals surface area contributed by atoms with E-state index in [1.165, 1.54) is 5.56 Å². The fourth-order valence-electron chi connectivity index (χ4n) is 3.16. The Hall–Kier alpha value is -2.57. The van der Waals surface area contributed by atoms with Gasteiger partial charge in [0.2, 0.25) is 5.91 Å². The SMILES string of the molecule is COc1ccc(OCCCC(=O)NCc2ccc(CN3CCOCC3)cc2)cc1. The quantitative estimate of drug-likeness (QED) is 0.624. The number of nitrogens with zero attached hydrogens (tertiary/aromatic N) is 1. The van der Waals surface area contributed by atoms with Crippen LogP contribution in [0.25, 0.3) is 0 Å². The van der Waals surface area contributed by atoms with Crippen LogP contribution in [0.4, 0.5) is 0 Å². The van der Waals surface area contributed by atoms with Crippen LogP contribution in [0.5, 0.6) is 11.5 Å². The zero-order valence-corrected chi connectivity index (χ0v) is 17.1. The van der Waals surface area contributed by atoms with Gasteiger partial charge in [-0.2, -0.15) is 0 Å². The molecule has 0 saturated carbocycles. The van der Waals surface area contributed by atoms with Crippen molar-refractivity contribution < 1.29 is 19.0 Å². The summed E-state index contributed by atoms with van der Waals surface area (Å²) < 4.78 is 16.1. The number of carbonyl (C=O) groups is 1. The Morgan fingerprint density at radius 2 is 1.66 bits per heavy atom. The van der Waals surface area contributed by atoms with Crippen LogP contribution in [0.3, 0.4) is 0 Å². The largest absolute Gasteiger partial charge is 0.497 e. The second-order valence-corrected chi connectivity index (χ2v) is 7.11. The Labute approximate surface area is 172 Å². The third-order valence-electron chi connectivity index (χ3n) is 4.90. The van der Waals surface area contributed by atoms with Gasteiger partial charge in [-0.3, -0.25) is 9.69 Å². The Morgan fingerprint density at radius 3 is 2.34 bits per heavy atom. The minimum Gasteiger partial charge on any atom is -0.497 e. The minimum absolute atomic E-state index is 0.0423. The lowest BCUT2D eigenvalue weighted by atomic mass is 10.1. The Morgan fingerprint density at radius 1 is 1.00 bits per heavy atom. The van der Waals surface area contributed by atoms with Crippen molar-refractivity contribution in [2.24, 2.45) is 0 Å². The molecule has 0 spiro atoms. The first kappa shape index (κ1) is 21.1. The van der Waals surface area contributed by atoms with Crippen LogP contribution in [0.2, 0.25) is 0 Å². The topological polar surface area (TPSA) is 60.0 Å². The molecule has 1 N–H and O–H groups in total. The third kappa shape index (κ3) is 7.40. The van der Waals surface area contributed by atoms with Crippen LogP contribution in [-0.2, 0) is 22.6 Å². The average Bonchev–Trinajstić information content (AvgIpc) is 2.77. The standard InChI is InChI=1S/C23H30N2O4/c1-27-21-8-10-22(11-9-21)29-14-2-3-23(26)24-17-19-4-6-20(7-5-19)18-25-12-15-28-16-13-25/h4-11H,2-3,12-18H2,1H3,(H,24,26). The highest BCUT2D eigenvalue weighted by atomic mass is 16.5. The van der Waals surface area contributed by atoms with Crippen LogP contribution in [-0.4, -0.2) is 50.8 Å². The molecule has 1 aliphatic rings. The van der Waals surface area contributed by atoms with Crippen LogP contribution in [0.1, 0.15) is 24.0 Å². The molecular formula is C23H30N2O4. The summed E-state index contributed by atoms with van der Waals surface area (Å²) in [5.41, 5.74) is 2.40. The maximum Gasteiger partial charge on any atom is 0.220 e. The molecule has 0 unspecified atom stereocenters. The summed E-state index contributed by atoms with van der Waals surface area (Å²) in [5, 5.41) is 2.98. The van der Waals surface area contributed by atoms with Gasteiger partial charge in [0.1, 0.15) is 11.5 Å². The lowest BCUT2D eigenvalue weighted by Crippen LogP contribution is -2.35. The predicted molar refractivity (Wildman–Crippen MR) is 112 cm³/mol. The van der Waals surface area contributed by atoms with Crippen molar-refractivity contribution in [2.45, 2.75) is 25.9 Å². The van der Waals surface area contributed by atoms with Crippen molar-refractivity contribution in [3.05, 3.63) is 59.7 Å². The highest BCUT2D eigenvalue weighted by Crippen LogP contribution is 2.17. The van der Waals surface area contributed by atoms with Gasteiger partial charge in [0.05, 0.1) is 26.9 Å². The number of morpholine rings is 1. The van der Waals surface area contributed by atoms with E-state index in [0.717, 1.165) is 49.9 Å². The van der Waals surface area contributed by atoms with Gasteiger partial charge in [-0.1, -0.05) is 24.3 Å². The Balaban J connectivity index is 1.30. The van der Waals surface area contributed by atoms with Crippen molar-refractivity contribution in [3.8, 4) is 11.5 Å². The number of amides is 1. The van der Waals surface area contributed by atoms with Gasteiger partial charge in [0.15, 0.2) is 0 Å². The number of methoxy groups -OCH3 is 1. The number of hydrogen-bond donors (Lipinski definition) is 1. The highest BCUT2D eigenvalue weighted by Gasteiger charge is 2.10. The molecule has 0 aliphatic carbocycles. The number of ether oxygens (including phenoxy) is 3. The van der Waals surface area contributed by atoms with Crippen molar-refractivity contribution in [1.82, 2.24) is 10.2 Å². The van der Waals surface area contributed by atoms with Crippen LogP contribution in [0.15, 0.2) is 48.5 Å². The molecule has 2 aromatic rings. The summed E-state index contributed by atoms with van der Waals surface area (Å²) in [7, 11) is 1.63. The molecule has 0 atom stereocenters. The molecule has 1 fully saturated rings. The summed E-state index contributed by atoms with van der Waals surface area (Å²) in [5.74, 6) is 1.62. The van der Waals surface area contributed by atoms with Crippen molar-refractivity contribution in [2.75, 3.05) is 40.0 Å². The van der Waals surface area contributed by atoms with E-state index in [1.54, 1.807) is 7.11 Å². The Bertz CT molecular complexity index is 740. The number of carbonyl (C=O) groups excluding carboxylic acids is 1. The zero-order chi connectivity index (χ0) is 20.3. The number of rotatable bonds is 10. The van der Waals surface area contributed by atoms with Crippen LogP contribution >= 0.6 is 0 Å². The zero-order valence-electron chi connectivity index (χ0n) is 17.1. The van der Waals surface area contributed by atoms with E-state index in [4.69, 9.17) is 14.2 Å². The summed E-state index contributed by atoms with van der Waals surface area (Å²) in [6.07, 6.45) is 1.13. The number of hydrogen-bond acceptors (Lipinski definition) is 5. The highest BCUT2D eigenvalue weighted by molar-refractivity contribution is 5.75. The van der Waals surface area contributed by atoms with Gasteiger partial charge in [-0.25, -0.2) is 0 Å². The van der Waals surface area contributed by atoms with Gasteiger partial charge in [-0.15, -0.1) is 0 Å². The van der Waals surface area contributed by atoms with E-state index in [9.17, 15) is 4.79 Å². The second-order valence-electron chi connectivity index (χ2n) is 7.11. The van der Waals surface area contributed by atoms with Gasteiger partial charge in [0, 0.05) is 32.6 Å². The minimum atomic E-state index is 0.0423. The monoisotopic (exact) mass is 398 g/mol. The molecule has 2 aromatic carbocycles. The molecular weight excluding hydrogens is 368 g/mol. The molecule has 29 heavy (non-hydrogen) atoms. The summed E-state index contributed by atoms with van der Waals surface area (Å²) >= 11 is 0. The maximum absolute atomic E-state index is 12.0. The van der Waals surface area contributed by atoms with E-state index >= 15 is 0 Å². The van der Waals surface area contributed by atoms with E-state index in [1.807, 2.05) is 24.3 Å². The molecule has 0 aromatic heterocycles. The normalized spacial score (nSPS) is 14.4. The maximum atomic E-state index is 12.0. The van der Waals surface area contributed by atoms with Crippen molar-refractivity contribution in [1.29, 1.82) is 0 Å².